The Balaban J connectivity index is 0.723. The van der Waals surface area contributed by atoms with Gasteiger partial charge in [-0.15, -0.1) is 0 Å². The molecule has 8 aromatic rings. The lowest BCUT2D eigenvalue weighted by Crippen LogP contribution is -2.60. The summed E-state index contributed by atoms with van der Waals surface area (Å²) >= 11 is 13.0. The van der Waals surface area contributed by atoms with Gasteiger partial charge in [0.2, 0.25) is 5.91 Å². The number of piperazine rings is 1. The van der Waals surface area contributed by atoms with Crippen LogP contribution in [-0.4, -0.2) is 96.1 Å². The first-order valence-electron chi connectivity index (χ1n) is 27.7. The number of carbonyl (C=O) groups excluding carboxylic acids is 2. The molecule has 0 bridgehead atoms. The maximum absolute atomic E-state index is 15.5. The minimum atomic E-state index is -0.995. The molecule has 0 aliphatic carbocycles. The second-order valence-corrected chi connectivity index (χ2v) is 23.3. The number of aromatic amines is 1. The highest BCUT2D eigenvalue weighted by atomic mass is 35.5. The Morgan fingerprint density at radius 1 is 0.759 bits per heavy atom. The summed E-state index contributed by atoms with van der Waals surface area (Å²) in [5, 5.41) is 6.64. The first kappa shape index (κ1) is 55.3. The SMILES string of the molecule is CCOc1cc(C(C)(C)C)ccc1C1=N[C@](C)(c2ccc(Cl)cc2)[C@](C)(c2ccc(Cl)cc2)N1C(=O)N1CCN(CCCCCCCCC(=O)n2cc(-c3cnc4[nH]cc(-c5ccn(Cc6cccc(F)c6)c5)c4c3)cn2)CC1. The summed E-state index contributed by atoms with van der Waals surface area (Å²) < 4.78 is 23.7. The van der Waals surface area contributed by atoms with E-state index in [0.717, 1.165) is 119 Å². The number of nitrogens with one attached hydrogen (secondary N) is 1. The summed E-state index contributed by atoms with van der Waals surface area (Å²) in [6, 6.07) is 32.5. The molecular weight excluding hydrogens is 1030 g/mol. The molecule has 0 unspecified atom stereocenters. The number of fused-ring (bicyclic) bond motifs is 1. The number of hydrogen-bond acceptors (Lipinski definition) is 7. The van der Waals surface area contributed by atoms with Crippen LogP contribution in [0.1, 0.15) is 119 Å². The second kappa shape index (κ2) is 23.3. The van der Waals surface area contributed by atoms with Crippen molar-refractivity contribution in [3.05, 3.63) is 184 Å². The van der Waals surface area contributed by atoms with Crippen molar-refractivity contribution in [1.82, 2.24) is 39.0 Å². The zero-order valence-corrected chi connectivity index (χ0v) is 47.6. The van der Waals surface area contributed by atoms with E-state index < -0.39 is 11.1 Å². The quantitative estimate of drug-likeness (QED) is 0.0856. The number of ether oxygens (including phenoxy) is 1. The van der Waals surface area contributed by atoms with Gasteiger partial charge in [-0.2, -0.15) is 5.10 Å². The van der Waals surface area contributed by atoms with Crippen molar-refractivity contribution in [3.8, 4) is 28.0 Å². The van der Waals surface area contributed by atoms with E-state index in [1.807, 2.05) is 94.3 Å². The van der Waals surface area contributed by atoms with E-state index in [4.69, 9.17) is 32.9 Å². The van der Waals surface area contributed by atoms with E-state index in [1.165, 1.54) is 10.7 Å². The van der Waals surface area contributed by atoms with Crippen LogP contribution in [0.25, 0.3) is 33.3 Å². The molecule has 2 amide bonds. The lowest BCUT2D eigenvalue weighted by Gasteiger charge is -2.47. The fraction of sp³-hybridized carbons (Fsp3) is 0.359. The van der Waals surface area contributed by atoms with Crippen molar-refractivity contribution in [2.45, 2.75) is 110 Å². The number of nitrogens with zero attached hydrogens (tertiary/aromatic N) is 8. The fourth-order valence-electron chi connectivity index (χ4n) is 11.3. The molecule has 0 radical (unpaired) electrons. The number of carbonyl (C=O) groups is 2. The van der Waals surface area contributed by atoms with Gasteiger partial charge in [0, 0.05) is 108 Å². The van der Waals surface area contributed by atoms with Gasteiger partial charge in [0.1, 0.15) is 34.1 Å². The first-order valence-corrected chi connectivity index (χ1v) is 28.4. The normalized spacial score (nSPS) is 17.9. The van der Waals surface area contributed by atoms with Gasteiger partial charge in [-0.25, -0.2) is 18.9 Å². The van der Waals surface area contributed by atoms with Crippen LogP contribution >= 0.6 is 23.2 Å². The molecule has 2 aliphatic heterocycles. The molecule has 4 aromatic carbocycles. The van der Waals surface area contributed by atoms with Gasteiger partial charge in [0.15, 0.2) is 0 Å². The molecule has 10 rings (SSSR count). The highest BCUT2D eigenvalue weighted by Gasteiger charge is 2.60. The zero-order chi connectivity index (χ0) is 55.5. The van der Waals surface area contributed by atoms with Crippen LogP contribution < -0.4 is 4.74 Å². The highest BCUT2D eigenvalue weighted by Crippen LogP contribution is 2.54. The molecular formula is C64H70Cl2FN9O3. The molecule has 79 heavy (non-hydrogen) atoms. The van der Waals surface area contributed by atoms with Gasteiger partial charge in [0.25, 0.3) is 0 Å². The Hall–Kier alpha value is -7.06. The largest absolute Gasteiger partial charge is 0.493 e. The Bertz CT molecular complexity index is 3480. The number of benzene rings is 4. The predicted octanol–water partition coefficient (Wildman–Crippen LogP) is 14.8. The molecule has 1 fully saturated rings. The molecule has 2 atom stereocenters. The molecule has 1 N–H and O–H groups in total. The number of H-pyrrole nitrogens is 1. The molecule has 410 valence electrons. The van der Waals surface area contributed by atoms with Gasteiger partial charge in [-0.3, -0.25) is 19.6 Å². The Labute approximate surface area is 473 Å². The number of amides is 2. The Morgan fingerprint density at radius 2 is 1.47 bits per heavy atom. The van der Waals surface area contributed by atoms with Gasteiger partial charge in [-0.05, 0) is 128 Å². The molecule has 6 heterocycles. The summed E-state index contributed by atoms with van der Waals surface area (Å²) in [4.78, 5) is 48.8. The first-order chi connectivity index (χ1) is 38.0. The lowest BCUT2D eigenvalue weighted by molar-refractivity contribution is 0.0861. The Morgan fingerprint density at radius 3 is 2.18 bits per heavy atom. The smallest absolute Gasteiger partial charge is 0.326 e. The van der Waals surface area contributed by atoms with E-state index in [-0.39, 0.29) is 23.2 Å². The minimum absolute atomic E-state index is 0.0247. The van der Waals surface area contributed by atoms with Gasteiger partial charge >= 0.3 is 6.03 Å². The van der Waals surface area contributed by atoms with Crippen LogP contribution in [0.2, 0.25) is 10.0 Å². The predicted molar refractivity (Wildman–Crippen MR) is 315 cm³/mol. The van der Waals surface area contributed by atoms with Crippen LogP contribution in [0, 0.1) is 5.82 Å². The third-order valence-electron chi connectivity index (χ3n) is 16.1. The van der Waals surface area contributed by atoms with Crippen molar-refractivity contribution in [3.63, 3.8) is 0 Å². The molecule has 0 saturated carbocycles. The van der Waals surface area contributed by atoms with Gasteiger partial charge in [-0.1, -0.05) is 112 Å². The number of aliphatic imine (C=N–C) groups is 1. The third-order valence-corrected chi connectivity index (χ3v) is 16.6. The van der Waals surface area contributed by atoms with E-state index in [1.54, 1.807) is 30.7 Å². The third kappa shape index (κ3) is 11.7. The highest BCUT2D eigenvalue weighted by molar-refractivity contribution is 6.30. The fourth-order valence-corrected chi connectivity index (χ4v) is 11.6. The summed E-state index contributed by atoms with van der Waals surface area (Å²) in [5.74, 6) is 0.979. The number of rotatable bonds is 18. The number of aromatic nitrogens is 5. The number of hydrogen-bond donors (Lipinski definition) is 1. The van der Waals surface area contributed by atoms with E-state index in [2.05, 4.69) is 85.0 Å². The van der Waals surface area contributed by atoms with Gasteiger partial charge < -0.3 is 19.2 Å². The molecule has 1 saturated heterocycles. The number of urea groups is 1. The number of amidine groups is 1. The molecule has 12 nitrogen and oxygen atoms in total. The van der Waals surface area contributed by atoms with Crippen LogP contribution in [0.4, 0.5) is 9.18 Å². The average Bonchev–Trinajstić information content (AvgIpc) is 3.33. The summed E-state index contributed by atoms with van der Waals surface area (Å²) in [6.45, 7) is 17.5. The van der Waals surface area contributed by atoms with Crippen LogP contribution in [0.15, 0.2) is 145 Å². The van der Waals surface area contributed by atoms with Crippen molar-refractivity contribution in [1.29, 1.82) is 0 Å². The van der Waals surface area contributed by atoms with Crippen molar-refractivity contribution >= 4 is 52.0 Å². The number of halogens is 3. The maximum atomic E-state index is 15.5. The average molecular weight is 1100 g/mol. The van der Waals surface area contributed by atoms with E-state index in [0.29, 0.717) is 54.3 Å². The summed E-state index contributed by atoms with van der Waals surface area (Å²) in [6.07, 6.45) is 17.8. The van der Waals surface area contributed by atoms with Crippen LogP contribution in [0.5, 0.6) is 5.75 Å². The minimum Gasteiger partial charge on any atom is -0.493 e. The molecule has 15 heteroatoms. The van der Waals surface area contributed by atoms with Crippen LogP contribution in [0.3, 0.4) is 0 Å². The number of pyridine rings is 1. The topological polar surface area (TPSA) is 117 Å². The molecule has 4 aromatic heterocycles. The summed E-state index contributed by atoms with van der Waals surface area (Å²) in [5.41, 5.74) is 7.05. The standard InChI is InChI=1S/C64H70Cl2FN9O3/c1-7-79-57-37-50(62(2,3)4)22-27-54(57)60-71-63(5,48-18-23-51(65)24-19-48)64(6,49-20-25-52(66)26-21-49)76(60)61(78)74-33-31-72(32-34-74)29-13-11-9-8-10-12-17-58(77)75-43-47(39-70-75)46-36-55-56(40-69-59(55)68-38-46)45-28-30-73(42-45)41-44-15-14-16-53(67)35-44/h14-16,18-28,30,35-40,42-43H,7-13,17,29,31-34,41H2,1-6H3,(H,68,69)/t63-,64+/m1/s1. The van der Waals surface area contributed by atoms with Crippen molar-refractivity contribution < 1.29 is 18.7 Å². The van der Waals surface area contributed by atoms with Crippen LogP contribution in [-0.2, 0) is 23.0 Å². The monoisotopic (exact) mass is 1100 g/mol. The zero-order valence-electron chi connectivity index (χ0n) is 46.1. The molecule has 0 spiro atoms. The molecule has 2 aliphatic rings. The van der Waals surface area contributed by atoms with E-state index in [9.17, 15) is 9.18 Å². The Kier molecular flexibility index (Phi) is 16.3. The summed E-state index contributed by atoms with van der Waals surface area (Å²) in [7, 11) is 0. The second-order valence-electron chi connectivity index (χ2n) is 22.4. The number of unbranched alkanes of at least 4 members (excludes halogenated alkanes) is 5. The van der Waals surface area contributed by atoms with Crippen molar-refractivity contribution in [2.75, 3.05) is 39.3 Å². The van der Waals surface area contributed by atoms with Gasteiger partial charge in [0.05, 0.1) is 18.4 Å². The lowest BCUT2D eigenvalue weighted by atomic mass is 9.71. The van der Waals surface area contributed by atoms with Crippen molar-refractivity contribution in [2.24, 2.45) is 4.99 Å². The maximum Gasteiger partial charge on any atom is 0.326 e. The van der Waals surface area contributed by atoms with E-state index >= 15 is 4.79 Å².